The van der Waals surface area contributed by atoms with E-state index in [1.165, 1.54) is 0 Å². The Morgan fingerprint density at radius 3 is 2.59 bits per heavy atom. The van der Waals surface area contributed by atoms with Crippen molar-refractivity contribution in [3.63, 3.8) is 0 Å². The zero-order valence-electron chi connectivity index (χ0n) is 10.3. The van der Waals surface area contributed by atoms with Crippen LogP contribution in [-0.4, -0.2) is 20.8 Å². The van der Waals surface area contributed by atoms with E-state index >= 15 is 0 Å². The lowest BCUT2D eigenvalue weighted by molar-refractivity contribution is 0.134. The molecule has 0 unspecified atom stereocenters. The maximum absolute atomic E-state index is 11.7. The normalized spacial score (nSPS) is 11.4. The minimum Gasteiger partial charge on any atom is -0.377 e. The van der Waals surface area contributed by atoms with E-state index in [0.717, 1.165) is 5.56 Å². The van der Waals surface area contributed by atoms with Crippen molar-refractivity contribution >= 4 is 15.7 Å². The fraction of sp³-hybridized carbons (Fsp3) is 0.500. The average Bonchev–Trinajstić information content (AvgIpc) is 2.27. The van der Waals surface area contributed by atoms with Crippen molar-refractivity contribution in [1.82, 2.24) is 0 Å². The third kappa shape index (κ3) is 4.75. The molecule has 0 radical (unpaired) electrons. The first-order valence-corrected chi connectivity index (χ1v) is 7.40. The molecule has 0 spiro atoms. The van der Waals surface area contributed by atoms with E-state index in [4.69, 9.17) is 4.74 Å². The molecule has 0 aromatic heterocycles. The first-order chi connectivity index (χ1) is 8.09. The van der Waals surface area contributed by atoms with E-state index < -0.39 is 10.0 Å². The highest BCUT2D eigenvalue weighted by molar-refractivity contribution is 7.92. The molecule has 0 saturated carbocycles. The summed E-state index contributed by atoms with van der Waals surface area (Å²) in [6.07, 6.45) is 0.600. The number of ether oxygens (including phenoxy) is 1. The molecule has 0 aliphatic rings. The second-order valence-corrected chi connectivity index (χ2v) is 5.56. The van der Waals surface area contributed by atoms with Gasteiger partial charge in [-0.05, 0) is 19.4 Å². The Kier molecular flexibility index (Phi) is 5.44. The third-order valence-corrected chi connectivity index (χ3v) is 3.69. The van der Waals surface area contributed by atoms with E-state index in [1.54, 1.807) is 12.1 Å². The van der Waals surface area contributed by atoms with E-state index in [9.17, 15) is 8.42 Å². The Morgan fingerprint density at radius 2 is 1.94 bits per heavy atom. The van der Waals surface area contributed by atoms with Gasteiger partial charge in [0.25, 0.3) is 0 Å². The van der Waals surface area contributed by atoms with Crippen molar-refractivity contribution in [3.05, 3.63) is 29.8 Å². The number of hydrogen-bond donors (Lipinski definition) is 1. The van der Waals surface area contributed by atoms with Crippen molar-refractivity contribution < 1.29 is 13.2 Å². The predicted octanol–water partition coefficient (Wildman–Crippen LogP) is 2.37. The second kappa shape index (κ2) is 6.61. The van der Waals surface area contributed by atoms with E-state index in [1.807, 2.05) is 26.0 Å². The molecule has 0 fully saturated rings. The minimum atomic E-state index is -3.24. The molecule has 0 aliphatic carbocycles. The van der Waals surface area contributed by atoms with Gasteiger partial charge >= 0.3 is 0 Å². The number of nitrogens with one attached hydrogen (secondary N) is 1. The van der Waals surface area contributed by atoms with Crippen LogP contribution in [-0.2, 0) is 21.4 Å². The van der Waals surface area contributed by atoms with Crippen LogP contribution >= 0.6 is 0 Å². The molecule has 1 N–H and O–H groups in total. The highest BCUT2D eigenvalue weighted by Gasteiger charge is 2.11. The molecule has 17 heavy (non-hydrogen) atoms. The minimum absolute atomic E-state index is 0.135. The largest absolute Gasteiger partial charge is 0.377 e. The number of hydrogen-bond acceptors (Lipinski definition) is 3. The molecule has 0 aliphatic heterocycles. The van der Waals surface area contributed by atoms with Gasteiger partial charge in [0, 0.05) is 12.2 Å². The summed E-state index contributed by atoms with van der Waals surface area (Å²) in [6.45, 7) is 4.77. The highest BCUT2D eigenvalue weighted by atomic mass is 32.2. The summed E-state index contributed by atoms with van der Waals surface area (Å²) >= 11 is 0. The van der Waals surface area contributed by atoms with Crippen LogP contribution in [0.1, 0.15) is 25.8 Å². The Morgan fingerprint density at radius 1 is 1.24 bits per heavy atom. The molecular formula is C12H19NO3S. The van der Waals surface area contributed by atoms with Gasteiger partial charge in [-0.15, -0.1) is 0 Å². The Balaban J connectivity index is 2.83. The maximum Gasteiger partial charge on any atom is 0.232 e. The third-order valence-electron chi connectivity index (χ3n) is 2.22. The van der Waals surface area contributed by atoms with Gasteiger partial charge in [-0.25, -0.2) is 8.42 Å². The number of benzene rings is 1. The van der Waals surface area contributed by atoms with Gasteiger partial charge in [0.2, 0.25) is 10.0 Å². The molecule has 0 amide bonds. The van der Waals surface area contributed by atoms with Gasteiger partial charge < -0.3 is 4.74 Å². The molecule has 0 saturated heterocycles. The van der Waals surface area contributed by atoms with Gasteiger partial charge in [0.1, 0.15) is 0 Å². The van der Waals surface area contributed by atoms with E-state index in [0.29, 0.717) is 25.3 Å². The molecule has 4 nitrogen and oxygen atoms in total. The van der Waals surface area contributed by atoms with Crippen molar-refractivity contribution in [1.29, 1.82) is 0 Å². The molecular weight excluding hydrogens is 238 g/mol. The van der Waals surface area contributed by atoms with Gasteiger partial charge in [-0.3, -0.25) is 4.72 Å². The summed E-state index contributed by atoms with van der Waals surface area (Å²) in [5.74, 6) is 0.135. The fourth-order valence-electron chi connectivity index (χ4n) is 1.45. The molecule has 1 aromatic carbocycles. The predicted molar refractivity (Wildman–Crippen MR) is 69.5 cm³/mol. The van der Waals surface area contributed by atoms with Crippen LogP contribution in [0.5, 0.6) is 0 Å². The lowest BCUT2D eigenvalue weighted by atomic mass is 10.2. The van der Waals surface area contributed by atoms with E-state index in [2.05, 4.69) is 4.72 Å². The zero-order chi connectivity index (χ0) is 12.7. The Labute approximate surface area is 103 Å². The number of sulfonamides is 1. The zero-order valence-corrected chi connectivity index (χ0v) is 11.1. The molecule has 1 rings (SSSR count). The molecule has 0 bridgehead atoms. The smallest absolute Gasteiger partial charge is 0.232 e. The van der Waals surface area contributed by atoms with Crippen LogP contribution in [0, 0.1) is 0 Å². The Hall–Kier alpha value is -1.07. The summed E-state index contributed by atoms with van der Waals surface area (Å²) in [5.41, 5.74) is 1.46. The Bertz CT molecular complexity index is 443. The highest BCUT2D eigenvalue weighted by Crippen LogP contribution is 2.17. The molecule has 5 heteroatoms. The van der Waals surface area contributed by atoms with Crippen LogP contribution in [0.15, 0.2) is 24.3 Å². The monoisotopic (exact) mass is 257 g/mol. The van der Waals surface area contributed by atoms with Crippen molar-refractivity contribution in [2.24, 2.45) is 0 Å². The molecule has 0 atom stereocenters. The van der Waals surface area contributed by atoms with Crippen LogP contribution in [0.4, 0.5) is 5.69 Å². The van der Waals surface area contributed by atoms with Crippen LogP contribution in [0.25, 0.3) is 0 Å². The fourth-order valence-corrected chi connectivity index (χ4v) is 2.62. The maximum atomic E-state index is 11.7. The number of anilines is 1. The van der Waals surface area contributed by atoms with Gasteiger partial charge in [0.15, 0.2) is 0 Å². The van der Waals surface area contributed by atoms with E-state index in [-0.39, 0.29) is 5.75 Å². The van der Waals surface area contributed by atoms with Crippen LogP contribution in [0.2, 0.25) is 0 Å². The second-order valence-electron chi connectivity index (χ2n) is 3.72. The summed E-state index contributed by atoms with van der Waals surface area (Å²) in [6, 6.07) is 7.28. The standard InChI is InChI=1S/C12H19NO3S/c1-3-9-17(14,15)13-12-8-6-5-7-11(12)10-16-4-2/h5-8,13H,3-4,9-10H2,1-2H3. The molecule has 0 heterocycles. The van der Waals surface area contributed by atoms with Gasteiger partial charge in [-0.2, -0.15) is 0 Å². The lowest BCUT2D eigenvalue weighted by Crippen LogP contribution is -2.17. The number of para-hydroxylation sites is 1. The molecule has 1 aromatic rings. The number of rotatable bonds is 7. The SMILES string of the molecule is CCCS(=O)(=O)Nc1ccccc1COCC. The van der Waals surface area contributed by atoms with Gasteiger partial charge in [0.05, 0.1) is 18.0 Å². The summed E-state index contributed by atoms with van der Waals surface area (Å²) in [5, 5.41) is 0. The lowest BCUT2D eigenvalue weighted by Gasteiger charge is -2.11. The summed E-state index contributed by atoms with van der Waals surface area (Å²) in [7, 11) is -3.24. The first kappa shape index (κ1) is 14.0. The summed E-state index contributed by atoms with van der Waals surface area (Å²) in [4.78, 5) is 0. The molecule has 96 valence electrons. The summed E-state index contributed by atoms with van der Waals surface area (Å²) < 4.78 is 31.2. The van der Waals surface area contributed by atoms with Crippen molar-refractivity contribution in [2.75, 3.05) is 17.1 Å². The topological polar surface area (TPSA) is 55.4 Å². The van der Waals surface area contributed by atoms with Crippen LogP contribution in [0.3, 0.4) is 0 Å². The quantitative estimate of drug-likeness (QED) is 0.816. The van der Waals surface area contributed by atoms with Crippen LogP contribution < -0.4 is 4.72 Å². The first-order valence-electron chi connectivity index (χ1n) is 5.75. The average molecular weight is 257 g/mol. The van der Waals surface area contributed by atoms with Crippen molar-refractivity contribution in [2.45, 2.75) is 26.9 Å². The van der Waals surface area contributed by atoms with Gasteiger partial charge in [-0.1, -0.05) is 25.1 Å². The van der Waals surface area contributed by atoms with Crippen molar-refractivity contribution in [3.8, 4) is 0 Å².